The van der Waals surface area contributed by atoms with Crippen LogP contribution >= 0.6 is 11.3 Å². The van der Waals surface area contributed by atoms with Crippen LogP contribution in [0.1, 0.15) is 12.8 Å². The molecule has 0 radical (unpaired) electrons. The van der Waals surface area contributed by atoms with Gasteiger partial charge in [0.15, 0.2) is 0 Å². The van der Waals surface area contributed by atoms with Gasteiger partial charge in [-0.15, -0.1) is 11.3 Å². The fourth-order valence-corrected chi connectivity index (χ4v) is 3.84. The third-order valence-electron chi connectivity index (χ3n) is 4.13. The molecule has 23 heavy (non-hydrogen) atoms. The first-order valence-electron chi connectivity index (χ1n) is 7.55. The van der Waals surface area contributed by atoms with E-state index < -0.39 is 10.0 Å². The number of nitrogens with zero attached hydrogens (tertiary/aromatic N) is 1. The van der Waals surface area contributed by atoms with E-state index in [0.29, 0.717) is 5.92 Å². The molecule has 0 unspecified atom stereocenters. The molecule has 2 aromatic rings. The molecule has 3 rings (SSSR count). The van der Waals surface area contributed by atoms with Gasteiger partial charge in [-0.1, -0.05) is 0 Å². The molecule has 0 saturated carbocycles. The van der Waals surface area contributed by atoms with E-state index in [9.17, 15) is 8.42 Å². The first-order chi connectivity index (χ1) is 11.0. The van der Waals surface area contributed by atoms with Crippen molar-refractivity contribution in [2.24, 2.45) is 11.1 Å². The van der Waals surface area contributed by atoms with Crippen molar-refractivity contribution in [2.45, 2.75) is 17.7 Å². The van der Waals surface area contributed by atoms with E-state index in [0.717, 1.165) is 44.0 Å². The molecule has 0 spiro atoms. The van der Waals surface area contributed by atoms with Crippen LogP contribution in [0.25, 0.3) is 0 Å². The average molecular weight is 352 g/mol. The second-order valence-corrected chi connectivity index (χ2v) is 8.08. The highest BCUT2D eigenvalue weighted by Gasteiger charge is 2.20. The first kappa shape index (κ1) is 16.3. The minimum absolute atomic E-state index is 0.153. The molecule has 1 aromatic heterocycles. The smallest absolute Gasteiger partial charge is 0.238 e. The predicted octanol–water partition coefficient (Wildman–Crippen LogP) is 2.69. The Balaban J connectivity index is 1.52. The van der Waals surface area contributed by atoms with Gasteiger partial charge in [0.1, 0.15) is 5.75 Å². The van der Waals surface area contributed by atoms with Gasteiger partial charge in [-0.25, -0.2) is 13.6 Å². The number of piperidine rings is 1. The van der Waals surface area contributed by atoms with Gasteiger partial charge in [-0.3, -0.25) is 0 Å². The van der Waals surface area contributed by atoms with Gasteiger partial charge < -0.3 is 9.64 Å². The third-order valence-corrected chi connectivity index (χ3v) is 5.72. The molecule has 1 aliphatic rings. The molecule has 5 nitrogen and oxygen atoms in total. The Labute approximate surface area is 140 Å². The predicted molar refractivity (Wildman–Crippen MR) is 92.6 cm³/mol. The van der Waals surface area contributed by atoms with Crippen molar-refractivity contribution in [3.63, 3.8) is 0 Å². The van der Waals surface area contributed by atoms with Gasteiger partial charge in [-0.2, -0.15) is 0 Å². The normalized spacial score (nSPS) is 16.5. The highest BCUT2D eigenvalue weighted by Crippen LogP contribution is 2.25. The summed E-state index contributed by atoms with van der Waals surface area (Å²) in [5, 5.41) is 9.16. The van der Waals surface area contributed by atoms with Crippen LogP contribution in [0, 0.1) is 5.92 Å². The topological polar surface area (TPSA) is 72.6 Å². The first-order valence-corrected chi connectivity index (χ1v) is 10.0. The molecular weight excluding hydrogens is 332 g/mol. The number of thiophene rings is 1. The lowest BCUT2D eigenvalue weighted by atomic mass is 9.97. The minimum atomic E-state index is -3.62. The van der Waals surface area contributed by atoms with Crippen LogP contribution in [0.5, 0.6) is 5.75 Å². The van der Waals surface area contributed by atoms with E-state index in [1.165, 1.54) is 0 Å². The average Bonchev–Trinajstić information content (AvgIpc) is 3.06. The summed E-state index contributed by atoms with van der Waals surface area (Å²) < 4.78 is 28.4. The van der Waals surface area contributed by atoms with Gasteiger partial charge in [-0.05, 0) is 54.5 Å². The van der Waals surface area contributed by atoms with Crippen LogP contribution in [0.4, 0.5) is 5.69 Å². The van der Waals surface area contributed by atoms with Crippen molar-refractivity contribution in [3.8, 4) is 5.75 Å². The lowest BCUT2D eigenvalue weighted by Crippen LogP contribution is -2.35. The minimum Gasteiger partial charge on any atom is -0.492 e. The summed E-state index contributed by atoms with van der Waals surface area (Å²) >= 11 is 1.64. The Kier molecular flexibility index (Phi) is 4.89. The zero-order valence-corrected chi connectivity index (χ0v) is 14.4. The summed E-state index contributed by atoms with van der Waals surface area (Å²) in [5.41, 5.74) is 1.04. The number of anilines is 1. The van der Waals surface area contributed by atoms with Crippen molar-refractivity contribution < 1.29 is 13.2 Å². The fourth-order valence-electron chi connectivity index (χ4n) is 2.75. The van der Waals surface area contributed by atoms with Gasteiger partial charge in [0, 0.05) is 24.2 Å². The largest absolute Gasteiger partial charge is 0.492 e. The van der Waals surface area contributed by atoms with Crippen LogP contribution in [0.2, 0.25) is 0 Å². The summed E-state index contributed by atoms with van der Waals surface area (Å²) in [6, 6.07) is 8.77. The van der Waals surface area contributed by atoms with Gasteiger partial charge in [0.2, 0.25) is 10.0 Å². The Hall–Kier alpha value is -1.57. The van der Waals surface area contributed by atoms with Crippen molar-refractivity contribution in [2.75, 3.05) is 24.6 Å². The van der Waals surface area contributed by atoms with E-state index in [1.54, 1.807) is 23.5 Å². The molecule has 1 saturated heterocycles. The number of ether oxygens (including phenoxy) is 1. The summed E-state index contributed by atoms with van der Waals surface area (Å²) in [6.45, 7) is 2.66. The van der Waals surface area contributed by atoms with Crippen molar-refractivity contribution in [1.82, 2.24) is 0 Å². The number of benzene rings is 1. The molecule has 1 aliphatic heterocycles. The Bertz CT molecular complexity index is 719. The summed E-state index contributed by atoms with van der Waals surface area (Å²) in [7, 11) is -3.62. The molecule has 0 atom stereocenters. The quantitative estimate of drug-likeness (QED) is 0.898. The number of primary sulfonamides is 1. The molecule has 124 valence electrons. The van der Waals surface area contributed by atoms with Crippen LogP contribution < -0.4 is 14.8 Å². The van der Waals surface area contributed by atoms with Crippen LogP contribution in [-0.2, 0) is 10.0 Å². The second kappa shape index (κ2) is 6.90. The maximum atomic E-state index is 11.3. The number of hydrogen-bond donors (Lipinski definition) is 1. The zero-order valence-electron chi connectivity index (χ0n) is 12.7. The Morgan fingerprint density at radius 1 is 1.17 bits per heavy atom. The molecule has 0 aliphatic carbocycles. The van der Waals surface area contributed by atoms with Crippen molar-refractivity contribution in [1.29, 1.82) is 0 Å². The molecular formula is C16H20N2O3S2. The number of sulfonamides is 1. The third kappa shape index (κ3) is 4.25. The van der Waals surface area contributed by atoms with Crippen molar-refractivity contribution >= 4 is 27.0 Å². The standard InChI is InChI=1S/C16H20N2O3S2/c17-23(19,20)16-3-1-14(2-4-16)18-8-5-13(6-9-18)11-21-15-7-10-22-12-15/h1-4,7,10,12-13H,5-6,8-9,11H2,(H2,17,19,20). The van der Waals surface area contributed by atoms with Gasteiger partial charge in [0.25, 0.3) is 0 Å². The summed E-state index contributed by atoms with van der Waals surface area (Å²) in [4.78, 5) is 2.42. The highest BCUT2D eigenvalue weighted by molar-refractivity contribution is 7.89. The molecule has 1 aromatic carbocycles. The Morgan fingerprint density at radius 3 is 2.43 bits per heavy atom. The molecule has 2 N–H and O–H groups in total. The summed E-state index contributed by atoms with van der Waals surface area (Å²) in [6.07, 6.45) is 2.14. The number of nitrogens with two attached hydrogens (primary N) is 1. The van der Waals surface area contributed by atoms with Crippen LogP contribution in [-0.4, -0.2) is 28.1 Å². The van der Waals surface area contributed by atoms with E-state index in [2.05, 4.69) is 4.90 Å². The molecule has 0 bridgehead atoms. The van der Waals surface area contributed by atoms with E-state index in [-0.39, 0.29) is 4.90 Å². The lowest BCUT2D eigenvalue weighted by molar-refractivity contribution is 0.223. The fraction of sp³-hybridized carbons (Fsp3) is 0.375. The monoisotopic (exact) mass is 352 g/mol. The van der Waals surface area contributed by atoms with E-state index >= 15 is 0 Å². The van der Waals surface area contributed by atoms with Crippen molar-refractivity contribution in [3.05, 3.63) is 41.1 Å². The molecule has 2 heterocycles. The maximum Gasteiger partial charge on any atom is 0.238 e. The maximum absolute atomic E-state index is 11.3. The van der Waals surface area contributed by atoms with Gasteiger partial charge in [0.05, 0.1) is 11.5 Å². The summed E-state index contributed by atoms with van der Waals surface area (Å²) in [5.74, 6) is 1.52. The second-order valence-electron chi connectivity index (χ2n) is 5.74. The SMILES string of the molecule is NS(=O)(=O)c1ccc(N2CCC(COc3ccsc3)CC2)cc1. The number of rotatable bonds is 5. The van der Waals surface area contributed by atoms with E-state index in [1.807, 2.05) is 29.0 Å². The van der Waals surface area contributed by atoms with Crippen LogP contribution in [0.3, 0.4) is 0 Å². The highest BCUT2D eigenvalue weighted by atomic mass is 32.2. The van der Waals surface area contributed by atoms with E-state index in [4.69, 9.17) is 9.88 Å². The molecule has 1 fully saturated rings. The lowest BCUT2D eigenvalue weighted by Gasteiger charge is -2.33. The zero-order chi connectivity index (χ0) is 16.3. The van der Waals surface area contributed by atoms with Gasteiger partial charge >= 0.3 is 0 Å². The molecule has 7 heteroatoms. The molecule has 0 amide bonds. The Morgan fingerprint density at radius 2 is 1.87 bits per heavy atom. The van der Waals surface area contributed by atoms with Crippen LogP contribution in [0.15, 0.2) is 46.0 Å². The number of hydrogen-bond acceptors (Lipinski definition) is 5.